The SMILES string of the molecule is CC1CN(C(=O)NC2(C(=O)O)CCOC2)CC1C. The Balaban J connectivity index is 2.00. The largest absolute Gasteiger partial charge is 0.479 e. The van der Waals surface area contributed by atoms with Crippen molar-refractivity contribution in [3.63, 3.8) is 0 Å². The van der Waals surface area contributed by atoms with Gasteiger partial charge in [0.25, 0.3) is 0 Å². The lowest BCUT2D eigenvalue weighted by atomic mass is 9.99. The van der Waals surface area contributed by atoms with Gasteiger partial charge >= 0.3 is 12.0 Å². The van der Waals surface area contributed by atoms with Gasteiger partial charge in [-0.05, 0) is 11.8 Å². The maximum atomic E-state index is 12.1. The van der Waals surface area contributed by atoms with Crippen LogP contribution in [-0.2, 0) is 9.53 Å². The van der Waals surface area contributed by atoms with Crippen molar-refractivity contribution in [3.8, 4) is 0 Å². The summed E-state index contributed by atoms with van der Waals surface area (Å²) < 4.78 is 5.11. The molecule has 102 valence electrons. The molecular weight excluding hydrogens is 236 g/mol. The fraction of sp³-hybridized carbons (Fsp3) is 0.833. The van der Waals surface area contributed by atoms with Crippen molar-refractivity contribution < 1.29 is 19.4 Å². The summed E-state index contributed by atoms with van der Waals surface area (Å²) in [6.07, 6.45) is 0.326. The van der Waals surface area contributed by atoms with E-state index in [-0.39, 0.29) is 12.6 Å². The first-order valence-electron chi connectivity index (χ1n) is 6.33. The summed E-state index contributed by atoms with van der Waals surface area (Å²) in [5.41, 5.74) is -1.24. The van der Waals surface area contributed by atoms with E-state index in [1.807, 2.05) is 0 Å². The van der Waals surface area contributed by atoms with Crippen LogP contribution in [0.5, 0.6) is 0 Å². The first kappa shape index (κ1) is 13.1. The Hall–Kier alpha value is -1.30. The molecule has 0 aromatic carbocycles. The second kappa shape index (κ2) is 4.76. The fourth-order valence-corrected chi connectivity index (χ4v) is 2.46. The van der Waals surface area contributed by atoms with Gasteiger partial charge in [-0.15, -0.1) is 0 Å². The second-order valence-corrected chi connectivity index (χ2v) is 5.48. The predicted molar refractivity (Wildman–Crippen MR) is 64.2 cm³/mol. The molecule has 2 fully saturated rings. The molecule has 0 aliphatic carbocycles. The van der Waals surface area contributed by atoms with Crippen molar-refractivity contribution >= 4 is 12.0 Å². The summed E-state index contributed by atoms with van der Waals surface area (Å²) in [7, 11) is 0. The van der Waals surface area contributed by atoms with Crippen LogP contribution < -0.4 is 5.32 Å². The third-order valence-corrected chi connectivity index (χ3v) is 4.05. The Morgan fingerprint density at radius 3 is 2.39 bits per heavy atom. The number of amides is 2. The highest BCUT2D eigenvalue weighted by atomic mass is 16.5. The van der Waals surface area contributed by atoms with E-state index in [0.29, 0.717) is 38.0 Å². The van der Waals surface area contributed by atoms with Gasteiger partial charge in [0.05, 0.1) is 6.61 Å². The molecule has 0 saturated carbocycles. The normalized spacial score (nSPS) is 35.8. The number of carboxylic acid groups (broad SMARTS) is 1. The molecule has 3 unspecified atom stereocenters. The minimum atomic E-state index is -1.24. The molecule has 0 aromatic heterocycles. The van der Waals surface area contributed by atoms with Crippen LogP contribution in [0.1, 0.15) is 20.3 Å². The minimum Gasteiger partial charge on any atom is -0.479 e. The Labute approximate surface area is 106 Å². The van der Waals surface area contributed by atoms with Crippen LogP contribution in [0.3, 0.4) is 0 Å². The van der Waals surface area contributed by atoms with Crippen molar-refractivity contribution in [2.24, 2.45) is 11.8 Å². The third kappa shape index (κ3) is 2.29. The molecule has 2 amide bonds. The Bertz CT molecular complexity index is 342. The van der Waals surface area contributed by atoms with Crippen LogP contribution in [-0.4, -0.2) is 53.8 Å². The van der Waals surface area contributed by atoms with E-state index in [2.05, 4.69) is 19.2 Å². The number of nitrogens with one attached hydrogen (secondary N) is 1. The molecule has 6 nitrogen and oxygen atoms in total. The van der Waals surface area contributed by atoms with E-state index >= 15 is 0 Å². The summed E-state index contributed by atoms with van der Waals surface area (Å²) in [6.45, 7) is 5.99. The molecule has 0 bridgehead atoms. The monoisotopic (exact) mass is 256 g/mol. The standard InChI is InChI=1S/C12H20N2O4/c1-8-5-14(6-9(8)2)11(17)13-12(10(15)16)3-4-18-7-12/h8-9H,3-7H2,1-2H3,(H,13,17)(H,15,16). The average molecular weight is 256 g/mol. The number of hydrogen-bond donors (Lipinski definition) is 2. The van der Waals surface area contributed by atoms with E-state index in [0.717, 1.165) is 0 Å². The van der Waals surface area contributed by atoms with Crippen LogP contribution in [0.4, 0.5) is 4.79 Å². The molecule has 2 aliphatic heterocycles. The maximum Gasteiger partial charge on any atom is 0.332 e. The minimum absolute atomic E-state index is 0.0486. The molecule has 2 aliphatic rings. The van der Waals surface area contributed by atoms with Crippen LogP contribution in [0, 0.1) is 11.8 Å². The van der Waals surface area contributed by atoms with Crippen molar-refractivity contribution in [2.75, 3.05) is 26.3 Å². The Kier molecular flexibility index (Phi) is 3.47. The van der Waals surface area contributed by atoms with Crippen LogP contribution in [0.15, 0.2) is 0 Å². The van der Waals surface area contributed by atoms with E-state index < -0.39 is 11.5 Å². The molecule has 0 spiro atoms. The molecule has 6 heteroatoms. The Morgan fingerprint density at radius 1 is 1.33 bits per heavy atom. The summed E-state index contributed by atoms with van der Waals surface area (Å²) in [5, 5.41) is 11.9. The Morgan fingerprint density at radius 2 is 1.94 bits per heavy atom. The molecular formula is C12H20N2O4. The van der Waals surface area contributed by atoms with Crippen molar-refractivity contribution in [3.05, 3.63) is 0 Å². The first-order valence-corrected chi connectivity index (χ1v) is 6.33. The fourth-order valence-electron chi connectivity index (χ4n) is 2.46. The van der Waals surface area contributed by atoms with Gasteiger partial charge in [0.15, 0.2) is 5.54 Å². The highest BCUT2D eigenvalue weighted by Crippen LogP contribution is 2.24. The zero-order chi connectivity index (χ0) is 13.3. The van der Waals surface area contributed by atoms with Crippen molar-refractivity contribution in [1.29, 1.82) is 0 Å². The molecule has 2 N–H and O–H groups in total. The zero-order valence-corrected chi connectivity index (χ0v) is 10.8. The van der Waals surface area contributed by atoms with E-state index in [4.69, 9.17) is 4.74 Å². The van der Waals surface area contributed by atoms with E-state index in [1.165, 1.54) is 0 Å². The molecule has 18 heavy (non-hydrogen) atoms. The predicted octanol–water partition coefficient (Wildman–Crippen LogP) is 0.527. The van der Waals surface area contributed by atoms with Crippen LogP contribution in [0.2, 0.25) is 0 Å². The zero-order valence-electron chi connectivity index (χ0n) is 10.8. The van der Waals surface area contributed by atoms with Crippen molar-refractivity contribution in [1.82, 2.24) is 10.2 Å². The number of rotatable bonds is 2. The lowest BCUT2D eigenvalue weighted by Crippen LogP contribution is -2.58. The van der Waals surface area contributed by atoms with Gasteiger partial charge in [0, 0.05) is 26.1 Å². The average Bonchev–Trinajstić information content (AvgIpc) is 2.88. The quantitative estimate of drug-likeness (QED) is 0.755. The second-order valence-electron chi connectivity index (χ2n) is 5.48. The number of aliphatic carboxylic acids is 1. The van der Waals surface area contributed by atoms with Gasteiger partial charge in [-0.2, -0.15) is 0 Å². The molecule has 3 atom stereocenters. The number of urea groups is 1. The molecule has 0 aromatic rings. The van der Waals surface area contributed by atoms with Crippen molar-refractivity contribution in [2.45, 2.75) is 25.8 Å². The van der Waals surface area contributed by atoms with Gasteiger partial charge < -0.3 is 20.1 Å². The number of likely N-dealkylation sites (tertiary alicyclic amines) is 1. The maximum absolute atomic E-state index is 12.1. The van der Waals surface area contributed by atoms with Gasteiger partial charge in [0.2, 0.25) is 0 Å². The lowest BCUT2D eigenvalue weighted by molar-refractivity contribution is -0.144. The van der Waals surface area contributed by atoms with Gasteiger partial charge in [0.1, 0.15) is 0 Å². The summed E-state index contributed by atoms with van der Waals surface area (Å²) in [5.74, 6) is -0.110. The number of carboxylic acids is 1. The number of nitrogens with zero attached hydrogens (tertiary/aromatic N) is 1. The third-order valence-electron chi connectivity index (χ3n) is 4.05. The van der Waals surface area contributed by atoms with Crippen LogP contribution in [0.25, 0.3) is 0 Å². The first-order chi connectivity index (χ1) is 8.44. The summed E-state index contributed by atoms with van der Waals surface area (Å²) >= 11 is 0. The number of carbonyl (C=O) groups is 2. The summed E-state index contributed by atoms with van der Waals surface area (Å²) in [6, 6.07) is -0.292. The molecule has 2 saturated heterocycles. The van der Waals surface area contributed by atoms with E-state index in [1.54, 1.807) is 4.90 Å². The molecule has 0 radical (unpaired) electrons. The summed E-state index contributed by atoms with van der Waals surface area (Å²) in [4.78, 5) is 25.1. The van der Waals surface area contributed by atoms with Crippen LogP contribution >= 0.6 is 0 Å². The number of hydrogen-bond acceptors (Lipinski definition) is 3. The number of carbonyl (C=O) groups excluding carboxylic acids is 1. The number of ether oxygens (including phenoxy) is 1. The van der Waals surface area contributed by atoms with Gasteiger partial charge in [-0.1, -0.05) is 13.8 Å². The topological polar surface area (TPSA) is 78.9 Å². The van der Waals surface area contributed by atoms with Gasteiger partial charge in [-0.25, -0.2) is 9.59 Å². The smallest absolute Gasteiger partial charge is 0.332 e. The van der Waals surface area contributed by atoms with Gasteiger partial charge in [-0.3, -0.25) is 0 Å². The lowest BCUT2D eigenvalue weighted by Gasteiger charge is -2.27. The molecule has 2 heterocycles. The highest BCUT2D eigenvalue weighted by Gasteiger charge is 2.45. The van der Waals surface area contributed by atoms with E-state index in [9.17, 15) is 14.7 Å². The molecule has 2 rings (SSSR count). The highest BCUT2D eigenvalue weighted by molar-refractivity contribution is 5.86.